The minimum Gasteiger partial charge on any atom is -0.374 e. The molecule has 112 valence electrons. The Labute approximate surface area is 119 Å². The first-order valence-corrected chi connectivity index (χ1v) is 8.36. The third-order valence-electron chi connectivity index (χ3n) is 3.81. The molecule has 0 unspecified atom stereocenters. The van der Waals surface area contributed by atoms with Crippen LogP contribution in [-0.4, -0.2) is 27.9 Å². The highest BCUT2D eigenvalue weighted by molar-refractivity contribution is 7.86. The molecule has 1 aliphatic carbocycles. The number of methoxy groups -OCH3 is 1. The smallest absolute Gasteiger partial charge is 0.264 e. The summed E-state index contributed by atoms with van der Waals surface area (Å²) in [5.41, 5.74) is 0.435. The number of ether oxygens (including phenoxy) is 1. The van der Waals surface area contributed by atoms with Gasteiger partial charge in [-0.05, 0) is 43.4 Å². The largest absolute Gasteiger partial charge is 0.374 e. The number of benzene rings is 1. The van der Waals surface area contributed by atoms with Crippen molar-refractivity contribution in [3.63, 3.8) is 0 Å². The van der Waals surface area contributed by atoms with Crippen LogP contribution in [0, 0.1) is 5.82 Å². The Morgan fingerprint density at radius 3 is 2.20 bits per heavy atom. The van der Waals surface area contributed by atoms with Crippen molar-refractivity contribution in [2.75, 3.05) is 13.4 Å². The molecule has 1 aromatic carbocycles. The van der Waals surface area contributed by atoms with Gasteiger partial charge >= 0.3 is 0 Å². The molecule has 0 bridgehead atoms. The van der Waals surface area contributed by atoms with Crippen LogP contribution in [0.25, 0.3) is 0 Å². The summed E-state index contributed by atoms with van der Waals surface area (Å²) in [4.78, 5) is 0. The van der Waals surface area contributed by atoms with E-state index in [4.69, 9.17) is 8.92 Å². The number of hydrogen-bond acceptors (Lipinski definition) is 4. The van der Waals surface area contributed by atoms with E-state index < -0.39 is 15.7 Å². The number of halogens is 1. The van der Waals surface area contributed by atoms with E-state index in [2.05, 4.69) is 0 Å². The number of rotatable bonds is 4. The predicted molar refractivity (Wildman–Crippen MR) is 73.3 cm³/mol. The van der Waals surface area contributed by atoms with Gasteiger partial charge in [0.15, 0.2) is 0 Å². The zero-order chi connectivity index (χ0) is 14.8. The monoisotopic (exact) mass is 302 g/mol. The molecule has 0 radical (unpaired) electrons. The van der Waals surface area contributed by atoms with Crippen LogP contribution in [0.5, 0.6) is 0 Å². The van der Waals surface area contributed by atoms with Gasteiger partial charge in [0.2, 0.25) is 0 Å². The topological polar surface area (TPSA) is 52.6 Å². The zero-order valence-corrected chi connectivity index (χ0v) is 12.5. The van der Waals surface area contributed by atoms with Gasteiger partial charge in [-0.1, -0.05) is 12.1 Å². The molecule has 1 aliphatic rings. The Balaban J connectivity index is 2.10. The minimum absolute atomic E-state index is 0.283. The van der Waals surface area contributed by atoms with Crippen molar-refractivity contribution < 1.29 is 21.7 Å². The first-order chi connectivity index (χ1) is 9.35. The van der Waals surface area contributed by atoms with E-state index in [0.717, 1.165) is 11.8 Å². The molecular formula is C14H19FO4S. The molecule has 0 N–H and O–H groups in total. The Hall–Kier alpha value is -0.980. The van der Waals surface area contributed by atoms with Crippen molar-refractivity contribution in [3.8, 4) is 0 Å². The van der Waals surface area contributed by atoms with E-state index in [1.165, 1.54) is 12.1 Å². The fourth-order valence-electron chi connectivity index (χ4n) is 2.77. The van der Waals surface area contributed by atoms with Crippen LogP contribution in [0.3, 0.4) is 0 Å². The Morgan fingerprint density at radius 1 is 1.20 bits per heavy atom. The van der Waals surface area contributed by atoms with Crippen LogP contribution in [-0.2, 0) is 24.6 Å². The van der Waals surface area contributed by atoms with Gasteiger partial charge in [0, 0.05) is 7.11 Å². The highest BCUT2D eigenvalue weighted by atomic mass is 32.2. The van der Waals surface area contributed by atoms with E-state index in [1.807, 2.05) is 0 Å². The molecule has 1 saturated carbocycles. The average Bonchev–Trinajstić information content (AvgIpc) is 2.39. The third kappa shape index (κ3) is 3.56. The lowest BCUT2D eigenvalue weighted by Gasteiger charge is -2.39. The first kappa shape index (κ1) is 15.4. The van der Waals surface area contributed by atoms with Gasteiger partial charge in [0.05, 0.1) is 18.0 Å². The molecular weight excluding hydrogens is 283 g/mol. The maximum absolute atomic E-state index is 13.0. The predicted octanol–water partition coefficient (Wildman–Crippen LogP) is 2.59. The Morgan fingerprint density at radius 2 is 1.75 bits per heavy atom. The minimum atomic E-state index is -3.43. The van der Waals surface area contributed by atoms with Crippen LogP contribution in [0.15, 0.2) is 24.3 Å². The SMILES string of the molecule is COC1(c2ccc(F)cc2)CCC(OS(C)(=O)=O)CC1. The Kier molecular flexibility index (Phi) is 4.46. The third-order valence-corrected chi connectivity index (χ3v) is 4.43. The van der Waals surface area contributed by atoms with Crippen molar-refractivity contribution in [2.45, 2.75) is 37.4 Å². The van der Waals surface area contributed by atoms with E-state index in [1.54, 1.807) is 19.2 Å². The van der Waals surface area contributed by atoms with Crippen molar-refractivity contribution in [2.24, 2.45) is 0 Å². The first-order valence-electron chi connectivity index (χ1n) is 6.54. The maximum atomic E-state index is 13.0. The molecule has 0 amide bonds. The second-order valence-electron chi connectivity index (χ2n) is 5.21. The average molecular weight is 302 g/mol. The van der Waals surface area contributed by atoms with Gasteiger partial charge in [0.25, 0.3) is 10.1 Å². The lowest BCUT2D eigenvalue weighted by atomic mass is 9.78. The molecule has 0 saturated heterocycles. The molecule has 1 aromatic rings. The lowest BCUT2D eigenvalue weighted by molar-refractivity contribution is -0.0641. The Bertz CT molecular complexity index is 545. The van der Waals surface area contributed by atoms with Gasteiger partial charge in [-0.3, -0.25) is 4.18 Å². The summed E-state index contributed by atoms with van der Waals surface area (Å²) in [7, 11) is -1.80. The molecule has 20 heavy (non-hydrogen) atoms. The van der Waals surface area contributed by atoms with E-state index in [-0.39, 0.29) is 11.9 Å². The van der Waals surface area contributed by atoms with Crippen molar-refractivity contribution in [3.05, 3.63) is 35.6 Å². The van der Waals surface area contributed by atoms with E-state index in [0.29, 0.717) is 25.7 Å². The fourth-order valence-corrected chi connectivity index (χ4v) is 3.45. The normalized spacial score (nSPS) is 27.4. The van der Waals surface area contributed by atoms with E-state index in [9.17, 15) is 12.8 Å². The number of hydrogen-bond donors (Lipinski definition) is 0. The summed E-state index contributed by atoms with van der Waals surface area (Å²) in [5, 5.41) is 0. The molecule has 0 heterocycles. The quantitative estimate of drug-likeness (QED) is 0.802. The summed E-state index contributed by atoms with van der Waals surface area (Å²) >= 11 is 0. The van der Waals surface area contributed by atoms with Crippen molar-refractivity contribution in [1.82, 2.24) is 0 Å². The second-order valence-corrected chi connectivity index (χ2v) is 6.81. The molecule has 0 aliphatic heterocycles. The van der Waals surface area contributed by atoms with Crippen molar-refractivity contribution in [1.29, 1.82) is 0 Å². The summed E-state index contributed by atoms with van der Waals surface area (Å²) < 4.78 is 46.0. The highest BCUT2D eigenvalue weighted by Crippen LogP contribution is 2.41. The fraction of sp³-hybridized carbons (Fsp3) is 0.571. The summed E-state index contributed by atoms with van der Waals surface area (Å²) in [6.45, 7) is 0. The summed E-state index contributed by atoms with van der Waals surface area (Å²) in [5.74, 6) is -0.283. The highest BCUT2D eigenvalue weighted by Gasteiger charge is 2.38. The molecule has 1 fully saturated rings. The summed E-state index contributed by atoms with van der Waals surface area (Å²) in [6, 6.07) is 6.26. The van der Waals surface area contributed by atoms with Crippen LogP contribution in [0.2, 0.25) is 0 Å². The second kappa shape index (κ2) is 5.79. The van der Waals surface area contributed by atoms with Gasteiger partial charge in [-0.15, -0.1) is 0 Å². The van der Waals surface area contributed by atoms with Crippen molar-refractivity contribution >= 4 is 10.1 Å². The van der Waals surface area contributed by atoms with Crippen LogP contribution < -0.4 is 0 Å². The molecule has 0 atom stereocenters. The molecule has 6 heteroatoms. The van der Waals surface area contributed by atoms with Gasteiger partial charge in [-0.2, -0.15) is 8.42 Å². The van der Waals surface area contributed by atoms with Crippen LogP contribution >= 0.6 is 0 Å². The molecule has 4 nitrogen and oxygen atoms in total. The lowest BCUT2D eigenvalue weighted by Crippen LogP contribution is -2.36. The summed E-state index contributed by atoms with van der Waals surface area (Å²) in [6.07, 6.45) is 3.25. The van der Waals surface area contributed by atoms with Gasteiger partial charge in [-0.25, -0.2) is 4.39 Å². The molecule has 0 aromatic heterocycles. The molecule has 0 spiro atoms. The van der Waals surface area contributed by atoms with Crippen LogP contribution in [0.1, 0.15) is 31.2 Å². The van der Waals surface area contributed by atoms with Gasteiger partial charge < -0.3 is 4.74 Å². The molecule has 2 rings (SSSR count). The van der Waals surface area contributed by atoms with E-state index >= 15 is 0 Å². The van der Waals surface area contributed by atoms with Gasteiger partial charge in [0.1, 0.15) is 5.82 Å². The standard InChI is InChI=1S/C14H19FO4S/c1-18-14(11-3-5-12(15)6-4-11)9-7-13(8-10-14)19-20(2,16)17/h3-6,13H,7-10H2,1-2H3. The zero-order valence-electron chi connectivity index (χ0n) is 11.6. The maximum Gasteiger partial charge on any atom is 0.264 e. The van der Waals surface area contributed by atoms with Crippen LogP contribution in [0.4, 0.5) is 4.39 Å².